The molecule has 1 aromatic carbocycles. The van der Waals surface area contributed by atoms with Crippen molar-refractivity contribution in [2.75, 3.05) is 18.0 Å². The van der Waals surface area contributed by atoms with Crippen molar-refractivity contribution in [3.8, 4) is 0 Å². The molecule has 0 fully saturated rings. The van der Waals surface area contributed by atoms with Crippen molar-refractivity contribution in [3.05, 3.63) is 50.6 Å². The van der Waals surface area contributed by atoms with Gasteiger partial charge in [-0.2, -0.15) is 0 Å². The average molecular weight is 339 g/mol. The van der Waals surface area contributed by atoms with E-state index in [4.69, 9.17) is 5.73 Å². The first-order chi connectivity index (χ1) is 9.17. The van der Waals surface area contributed by atoms with Crippen LogP contribution in [0, 0.1) is 6.92 Å². The third-order valence-electron chi connectivity index (χ3n) is 3.23. The lowest BCUT2D eigenvalue weighted by atomic mass is 10.1. The zero-order valence-electron chi connectivity index (χ0n) is 11.3. The quantitative estimate of drug-likeness (QED) is 0.878. The second-order valence-corrected chi connectivity index (χ2v) is 6.57. The number of likely N-dealkylation sites (N-methyl/N-ethyl adjacent to an activating group) is 1. The Labute approximate surface area is 127 Å². The minimum absolute atomic E-state index is 0.238. The maximum absolute atomic E-state index is 6.03. The maximum atomic E-state index is 6.03. The van der Waals surface area contributed by atoms with Crippen molar-refractivity contribution in [1.82, 2.24) is 0 Å². The fourth-order valence-corrected chi connectivity index (χ4v) is 3.93. The average Bonchev–Trinajstić information content (AvgIpc) is 2.76. The van der Waals surface area contributed by atoms with E-state index in [1.165, 1.54) is 19.9 Å². The predicted molar refractivity (Wildman–Crippen MR) is 88.0 cm³/mol. The van der Waals surface area contributed by atoms with Gasteiger partial charge in [-0.05, 0) is 48.0 Å². The fraction of sp³-hybridized carbons (Fsp3) is 0.333. The summed E-state index contributed by atoms with van der Waals surface area (Å²) >= 11 is 5.41. The molecule has 19 heavy (non-hydrogen) atoms. The lowest BCUT2D eigenvalue weighted by Crippen LogP contribution is -2.33. The van der Waals surface area contributed by atoms with Gasteiger partial charge in [0.25, 0.3) is 0 Å². The van der Waals surface area contributed by atoms with Crippen molar-refractivity contribution in [1.29, 1.82) is 0 Å². The lowest BCUT2D eigenvalue weighted by Gasteiger charge is -2.31. The highest BCUT2D eigenvalue weighted by atomic mass is 79.9. The molecule has 1 unspecified atom stereocenters. The normalized spacial score (nSPS) is 12.4. The minimum Gasteiger partial charge on any atom is -0.363 e. The number of halogens is 1. The summed E-state index contributed by atoms with van der Waals surface area (Å²) in [7, 11) is 0. The topological polar surface area (TPSA) is 29.3 Å². The predicted octanol–water partition coefficient (Wildman–Crippen LogP) is 4.35. The first kappa shape index (κ1) is 14.6. The minimum atomic E-state index is 0.238. The molecule has 0 saturated heterocycles. The van der Waals surface area contributed by atoms with Crippen LogP contribution in [0.1, 0.15) is 22.7 Å². The SMILES string of the molecule is CCN(c1ccccc1)C(CN)c1cc(Br)c(C)s1. The lowest BCUT2D eigenvalue weighted by molar-refractivity contribution is 0.653. The van der Waals surface area contributed by atoms with Crippen molar-refractivity contribution < 1.29 is 0 Å². The van der Waals surface area contributed by atoms with Crippen molar-refractivity contribution in [2.45, 2.75) is 19.9 Å². The third-order valence-corrected chi connectivity index (χ3v) is 5.47. The van der Waals surface area contributed by atoms with Gasteiger partial charge in [-0.1, -0.05) is 18.2 Å². The van der Waals surface area contributed by atoms with Crippen molar-refractivity contribution in [2.24, 2.45) is 5.73 Å². The van der Waals surface area contributed by atoms with Crippen LogP contribution < -0.4 is 10.6 Å². The molecule has 0 saturated carbocycles. The monoisotopic (exact) mass is 338 g/mol. The van der Waals surface area contributed by atoms with Gasteiger partial charge in [0.1, 0.15) is 0 Å². The molecule has 2 nitrogen and oxygen atoms in total. The first-order valence-electron chi connectivity index (χ1n) is 6.45. The zero-order chi connectivity index (χ0) is 13.8. The van der Waals surface area contributed by atoms with E-state index in [-0.39, 0.29) is 6.04 Å². The van der Waals surface area contributed by atoms with E-state index >= 15 is 0 Å². The highest BCUT2D eigenvalue weighted by molar-refractivity contribution is 9.10. The molecule has 0 spiro atoms. The van der Waals surface area contributed by atoms with Gasteiger partial charge in [-0.25, -0.2) is 0 Å². The Kier molecular flexibility index (Phi) is 5.02. The number of nitrogens with zero attached hydrogens (tertiary/aromatic N) is 1. The smallest absolute Gasteiger partial charge is 0.0757 e. The van der Waals surface area contributed by atoms with Crippen molar-refractivity contribution in [3.63, 3.8) is 0 Å². The van der Waals surface area contributed by atoms with E-state index in [9.17, 15) is 0 Å². The molecule has 2 N–H and O–H groups in total. The molecular formula is C15H19BrN2S. The second-order valence-electron chi connectivity index (χ2n) is 4.43. The van der Waals surface area contributed by atoms with Gasteiger partial charge in [0.05, 0.1) is 6.04 Å². The maximum Gasteiger partial charge on any atom is 0.0757 e. The summed E-state index contributed by atoms with van der Waals surface area (Å²) in [6.07, 6.45) is 0. The second kappa shape index (κ2) is 6.55. The highest BCUT2D eigenvalue weighted by Crippen LogP contribution is 2.34. The third kappa shape index (κ3) is 3.19. The fourth-order valence-electron chi connectivity index (χ4n) is 2.25. The first-order valence-corrected chi connectivity index (χ1v) is 8.06. The number of nitrogens with two attached hydrogens (primary N) is 1. The molecule has 1 atom stereocenters. The Morgan fingerprint density at radius 3 is 2.47 bits per heavy atom. The van der Waals surface area contributed by atoms with Crippen LogP contribution in [0.25, 0.3) is 0 Å². The van der Waals surface area contributed by atoms with Crippen LogP contribution >= 0.6 is 27.3 Å². The molecule has 0 bridgehead atoms. The number of hydrogen-bond donors (Lipinski definition) is 1. The molecule has 4 heteroatoms. The molecule has 0 aliphatic carbocycles. The van der Waals surface area contributed by atoms with Crippen molar-refractivity contribution >= 4 is 33.0 Å². The van der Waals surface area contributed by atoms with Crippen LogP contribution in [0.15, 0.2) is 40.9 Å². The van der Waals surface area contributed by atoms with Crippen LogP contribution in [-0.2, 0) is 0 Å². The number of para-hydroxylation sites is 1. The Hall–Kier alpha value is -0.840. The standard InChI is InChI=1S/C15H19BrN2S/c1-3-18(12-7-5-4-6-8-12)14(10-17)15-9-13(16)11(2)19-15/h4-9,14H,3,10,17H2,1-2H3. The van der Waals surface area contributed by atoms with E-state index in [0.717, 1.165) is 6.54 Å². The summed E-state index contributed by atoms with van der Waals surface area (Å²) in [6, 6.07) is 12.9. The van der Waals surface area contributed by atoms with E-state index in [1.807, 2.05) is 17.4 Å². The largest absolute Gasteiger partial charge is 0.363 e. The number of hydrogen-bond acceptors (Lipinski definition) is 3. The Morgan fingerprint density at radius 1 is 1.32 bits per heavy atom. The molecule has 1 heterocycles. The summed E-state index contributed by atoms with van der Waals surface area (Å²) in [5, 5.41) is 0. The Bertz CT molecular complexity index is 505. The number of anilines is 1. The molecule has 0 amide bonds. The van der Waals surface area contributed by atoms with Gasteiger partial charge >= 0.3 is 0 Å². The number of aryl methyl sites for hydroxylation is 1. The number of benzene rings is 1. The summed E-state index contributed by atoms with van der Waals surface area (Å²) in [5.74, 6) is 0. The molecule has 0 aliphatic heterocycles. The van der Waals surface area contributed by atoms with Gasteiger partial charge in [0, 0.05) is 33.0 Å². The van der Waals surface area contributed by atoms with E-state index in [2.05, 4.69) is 65.0 Å². The van der Waals surface area contributed by atoms with Crippen LogP contribution in [0.4, 0.5) is 5.69 Å². The molecule has 0 aliphatic rings. The molecule has 1 aromatic heterocycles. The highest BCUT2D eigenvalue weighted by Gasteiger charge is 2.20. The van der Waals surface area contributed by atoms with Crippen LogP contribution in [0.5, 0.6) is 0 Å². The molecule has 2 aromatic rings. The number of thiophene rings is 1. The van der Waals surface area contributed by atoms with Crippen LogP contribution in [0.3, 0.4) is 0 Å². The molecular weight excluding hydrogens is 320 g/mol. The number of rotatable bonds is 5. The van der Waals surface area contributed by atoms with Gasteiger partial charge < -0.3 is 10.6 Å². The van der Waals surface area contributed by atoms with E-state index in [0.29, 0.717) is 6.54 Å². The summed E-state index contributed by atoms with van der Waals surface area (Å²) in [6.45, 7) is 5.87. The molecule has 102 valence electrons. The van der Waals surface area contributed by atoms with Gasteiger partial charge in [-0.15, -0.1) is 11.3 Å². The summed E-state index contributed by atoms with van der Waals surface area (Å²) in [5.41, 5.74) is 7.25. The van der Waals surface area contributed by atoms with Gasteiger partial charge in [0.2, 0.25) is 0 Å². The van der Waals surface area contributed by atoms with E-state index < -0.39 is 0 Å². The Morgan fingerprint density at radius 2 is 2.00 bits per heavy atom. The summed E-state index contributed by atoms with van der Waals surface area (Å²) in [4.78, 5) is 4.98. The van der Waals surface area contributed by atoms with Crippen LogP contribution in [0.2, 0.25) is 0 Å². The Balaban J connectivity index is 2.34. The van der Waals surface area contributed by atoms with E-state index in [1.54, 1.807) is 0 Å². The molecule has 2 rings (SSSR count). The zero-order valence-corrected chi connectivity index (χ0v) is 13.7. The van der Waals surface area contributed by atoms with Crippen LogP contribution in [-0.4, -0.2) is 13.1 Å². The van der Waals surface area contributed by atoms with Gasteiger partial charge in [0.15, 0.2) is 0 Å². The summed E-state index contributed by atoms with van der Waals surface area (Å²) < 4.78 is 1.18. The molecule has 0 radical (unpaired) electrons. The van der Waals surface area contributed by atoms with Gasteiger partial charge in [-0.3, -0.25) is 0 Å².